The van der Waals surface area contributed by atoms with Crippen molar-refractivity contribution in [2.45, 2.75) is 25.8 Å². The molecule has 7 nitrogen and oxygen atoms in total. The average molecular weight is 389 g/mol. The van der Waals surface area contributed by atoms with E-state index in [9.17, 15) is 14.7 Å². The van der Waals surface area contributed by atoms with Gasteiger partial charge in [0.25, 0.3) is 0 Å². The number of nitrogens with zero attached hydrogens (tertiary/aromatic N) is 3. The molecule has 1 aromatic carbocycles. The highest BCUT2D eigenvalue weighted by Crippen LogP contribution is 2.43. The lowest BCUT2D eigenvalue weighted by Gasteiger charge is -2.36. The molecule has 150 valence electrons. The van der Waals surface area contributed by atoms with Crippen molar-refractivity contribution < 1.29 is 19.0 Å². The van der Waals surface area contributed by atoms with Crippen molar-refractivity contribution in [3.8, 4) is 5.75 Å². The molecule has 1 aliphatic carbocycles. The van der Waals surface area contributed by atoms with E-state index in [-0.39, 0.29) is 17.0 Å². The van der Waals surface area contributed by atoms with Gasteiger partial charge in [0.15, 0.2) is 11.6 Å². The zero-order chi connectivity index (χ0) is 20.0. The fourth-order valence-corrected chi connectivity index (χ4v) is 4.01. The summed E-state index contributed by atoms with van der Waals surface area (Å²) in [5.74, 6) is -1.56. The molecule has 2 aliphatic rings. The van der Waals surface area contributed by atoms with Gasteiger partial charge in [-0.05, 0) is 25.5 Å². The van der Waals surface area contributed by atoms with Crippen LogP contribution in [0.5, 0.6) is 5.75 Å². The maximum Gasteiger partial charge on any atom is 0.341 e. The minimum Gasteiger partial charge on any atom is -0.492 e. The number of anilines is 1. The van der Waals surface area contributed by atoms with Crippen LogP contribution in [0.25, 0.3) is 10.9 Å². The number of likely N-dealkylation sites (N-methyl/N-ethyl adjacent to an activating group) is 1. The minimum absolute atomic E-state index is 0.0529. The van der Waals surface area contributed by atoms with Crippen molar-refractivity contribution in [2.24, 2.45) is 0 Å². The van der Waals surface area contributed by atoms with Crippen molar-refractivity contribution in [3.05, 3.63) is 33.9 Å². The Morgan fingerprint density at radius 2 is 1.96 bits per heavy atom. The molecule has 1 N–H and O–H groups in total. The third kappa shape index (κ3) is 3.01. The lowest BCUT2D eigenvalue weighted by Crippen LogP contribution is -2.46. The second-order valence-electron chi connectivity index (χ2n) is 7.37. The van der Waals surface area contributed by atoms with E-state index in [4.69, 9.17) is 4.74 Å². The van der Waals surface area contributed by atoms with Gasteiger partial charge in [-0.25, -0.2) is 9.18 Å². The maximum absolute atomic E-state index is 15.2. The summed E-state index contributed by atoms with van der Waals surface area (Å²) < 4.78 is 22.6. The normalized spacial score (nSPS) is 17.9. The van der Waals surface area contributed by atoms with Gasteiger partial charge in [0.2, 0.25) is 5.43 Å². The number of halogens is 1. The van der Waals surface area contributed by atoms with Crippen LogP contribution in [0.1, 0.15) is 36.2 Å². The fourth-order valence-electron chi connectivity index (χ4n) is 4.01. The van der Waals surface area contributed by atoms with Crippen LogP contribution in [-0.4, -0.2) is 60.4 Å². The van der Waals surface area contributed by atoms with E-state index in [0.29, 0.717) is 30.0 Å². The number of methoxy groups -OCH3 is 1. The van der Waals surface area contributed by atoms with E-state index >= 15 is 4.39 Å². The van der Waals surface area contributed by atoms with Crippen LogP contribution >= 0.6 is 0 Å². The number of aromatic nitrogens is 1. The Bertz CT molecular complexity index is 991. The molecule has 2 heterocycles. The third-order valence-corrected chi connectivity index (χ3v) is 5.71. The predicted molar refractivity (Wildman–Crippen MR) is 104 cm³/mol. The number of benzene rings is 1. The average Bonchev–Trinajstić information content (AvgIpc) is 3.52. The van der Waals surface area contributed by atoms with E-state index in [0.717, 1.165) is 32.5 Å². The number of rotatable bonds is 5. The molecule has 1 aromatic heterocycles. The van der Waals surface area contributed by atoms with Crippen LogP contribution in [0.3, 0.4) is 0 Å². The van der Waals surface area contributed by atoms with Crippen molar-refractivity contribution in [1.29, 1.82) is 0 Å². The van der Waals surface area contributed by atoms with Gasteiger partial charge in [-0.2, -0.15) is 0 Å². The number of hydrogen-bond acceptors (Lipinski definition) is 5. The topological polar surface area (TPSA) is 75.0 Å². The van der Waals surface area contributed by atoms with E-state index in [1.165, 1.54) is 19.4 Å². The van der Waals surface area contributed by atoms with E-state index in [1.54, 1.807) is 4.57 Å². The van der Waals surface area contributed by atoms with Gasteiger partial charge >= 0.3 is 5.97 Å². The van der Waals surface area contributed by atoms with Crippen molar-refractivity contribution >= 4 is 22.6 Å². The number of aromatic carboxylic acids is 1. The first-order chi connectivity index (χ1) is 13.5. The third-order valence-electron chi connectivity index (χ3n) is 5.71. The van der Waals surface area contributed by atoms with Crippen LogP contribution in [-0.2, 0) is 0 Å². The number of ether oxygens (including phenoxy) is 1. The van der Waals surface area contributed by atoms with Gasteiger partial charge in [0.1, 0.15) is 11.3 Å². The number of fused-ring (bicyclic) bond motifs is 1. The predicted octanol–water partition coefficient (Wildman–Crippen LogP) is 2.32. The van der Waals surface area contributed by atoms with Gasteiger partial charge in [0.05, 0.1) is 18.0 Å². The van der Waals surface area contributed by atoms with Gasteiger partial charge in [-0.3, -0.25) is 4.79 Å². The Kier molecular flexibility index (Phi) is 4.74. The number of carbonyl (C=O) groups is 1. The van der Waals surface area contributed by atoms with Crippen molar-refractivity contribution in [3.63, 3.8) is 0 Å². The van der Waals surface area contributed by atoms with Crippen molar-refractivity contribution in [1.82, 2.24) is 9.47 Å². The molecule has 1 saturated heterocycles. The molecular weight excluding hydrogens is 365 g/mol. The van der Waals surface area contributed by atoms with E-state index in [1.807, 2.05) is 4.90 Å². The monoisotopic (exact) mass is 389 g/mol. The van der Waals surface area contributed by atoms with Crippen LogP contribution in [0.4, 0.5) is 10.1 Å². The fraction of sp³-hybridized carbons (Fsp3) is 0.500. The summed E-state index contributed by atoms with van der Waals surface area (Å²) in [6.07, 6.45) is 3.16. The number of piperazine rings is 1. The summed E-state index contributed by atoms with van der Waals surface area (Å²) in [4.78, 5) is 28.5. The zero-order valence-electron chi connectivity index (χ0n) is 16.1. The van der Waals surface area contributed by atoms with Crippen LogP contribution < -0.4 is 15.1 Å². The summed E-state index contributed by atoms with van der Waals surface area (Å²) in [7, 11) is 1.47. The summed E-state index contributed by atoms with van der Waals surface area (Å²) >= 11 is 0. The van der Waals surface area contributed by atoms with E-state index < -0.39 is 17.2 Å². The Morgan fingerprint density at radius 3 is 2.50 bits per heavy atom. The standard InChI is InChI=1S/C20H24FN3O4/c1-3-22-6-8-23(9-7-22)17-15(21)10-13-16(19(17)28-2)24(12-4-5-12)11-14(18(13)25)20(26)27/h10-12H,3-9H2,1-2H3,(H,26,27). The summed E-state index contributed by atoms with van der Waals surface area (Å²) in [6.45, 7) is 6.02. The molecule has 0 spiro atoms. The van der Waals surface area contributed by atoms with Crippen molar-refractivity contribution in [2.75, 3.05) is 44.7 Å². The molecule has 0 unspecified atom stereocenters. The summed E-state index contributed by atoms with van der Waals surface area (Å²) in [5, 5.41) is 9.46. The van der Waals surface area contributed by atoms with Gasteiger partial charge in [-0.1, -0.05) is 6.92 Å². The lowest BCUT2D eigenvalue weighted by molar-refractivity contribution is 0.0695. The summed E-state index contributed by atoms with van der Waals surface area (Å²) in [6, 6.07) is 1.28. The largest absolute Gasteiger partial charge is 0.492 e. The first-order valence-electron chi connectivity index (χ1n) is 9.62. The molecule has 8 heteroatoms. The Balaban J connectivity index is 1.94. The second-order valence-corrected chi connectivity index (χ2v) is 7.37. The van der Waals surface area contributed by atoms with Crippen LogP contribution in [0.15, 0.2) is 17.1 Å². The highest BCUT2D eigenvalue weighted by atomic mass is 19.1. The molecule has 0 bridgehead atoms. The molecule has 1 aliphatic heterocycles. The lowest BCUT2D eigenvalue weighted by atomic mass is 10.1. The highest BCUT2D eigenvalue weighted by Gasteiger charge is 2.31. The molecular formula is C20H24FN3O4. The SMILES string of the molecule is CCN1CCN(c2c(F)cc3c(=O)c(C(=O)O)cn(C4CC4)c3c2OC)CC1. The zero-order valence-corrected chi connectivity index (χ0v) is 16.1. The van der Waals surface area contributed by atoms with E-state index in [2.05, 4.69) is 11.8 Å². The number of carboxylic acids is 1. The molecule has 1 saturated carbocycles. The first-order valence-corrected chi connectivity index (χ1v) is 9.62. The Hall–Kier alpha value is -2.61. The smallest absolute Gasteiger partial charge is 0.341 e. The number of pyridine rings is 1. The van der Waals surface area contributed by atoms with Gasteiger partial charge in [0, 0.05) is 38.4 Å². The van der Waals surface area contributed by atoms with Gasteiger partial charge in [-0.15, -0.1) is 0 Å². The molecule has 2 aromatic rings. The molecule has 0 amide bonds. The molecule has 2 fully saturated rings. The number of carboxylic acid groups (broad SMARTS) is 1. The van der Waals surface area contributed by atoms with Gasteiger partial charge < -0.3 is 24.2 Å². The minimum atomic E-state index is -1.31. The number of hydrogen-bond donors (Lipinski definition) is 1. The Morgan fingerprint density at radius 1 is 1.29 bits per heavy atom. The summed E-state index contributed by atoms with van der Waals surface area (Å²) in [5.41, 5.74) is -0.193. The molecule has 28 heavy (non-hydrogen) atoms. The highest BCUT2D eigenvalue weighted by molar-refractivity contribution is 5.97. The first kappa shape index (κ1) is 18.7. The molecule has 0 atom stereocenters. The van der Waals surface area contributed by atoms with Crippen LogP contribution in [0, 0.1) is 5.82 Å². The molecule has 4 rings (SSSR count). The molecule has 0 radical (unpaired) electrons. The second kappa shape index (κ2) is 7.09. The Labute approximate surface area is 161 Å². The maximum atomic E-state index is 15.2. The van der Waals surface area contributed by atoms with Crippen LogP contribution in [0.2, 0.25) is 0 Å². The quantitative estimate of drug-likeness (QED) is 0.846.